The number of aliphatic hydroxyl groups is 1. The molecule has 48 heavy (non-hydrogen) atoms. The quantitative estimate of drug-likeness (QED) is 0.0952. The number of hydrogen-bond donors (Lipinski definition) is 2. The van der Waals surface area contributed by atoms with E-state index in [9.17, 15) is 19.8 Å². The molecule has 1 aromatic carbocycles. The summed E-state index contributed by atoms with van der Waals surface area (Å²) in [6.45, 7) is 4.16. The van der Waals surface area contributed by atoms with Gasteiger partial charge in [-0.2, -0.15) is 0 Å². The summed E-state index contributed by atoms with van der Waals surface area (Å²) >= 11 is 0. The highest BCUT2D eigenvalue weighted by atomic mass is 16.5. The van der Waals surface area contributed by atoms with Gasteiger partial charge in [-0.15, -0.1) is 0 Å². The maximum atomic E-state index is 13.4. The number of carboxylic acids is 1. The van der Waals surface area contributed by atoms with E-state index < -0.39 is 29.0 Å². The fourth-order valence-corrected chi connectivity index (χ4v) is 9.93. The number of ether oxygens (including phenoxy) is 1. The van der Waals surface area contributed by atoms with Crippen molar-refractivity contribution in [1.29, 1.82) is 0 Å². The van der Waals surface area contributed by atoms with Crippen LogP contribution >= 0.6 is 0 Å². The lowest BCUT2D eigenvalue weighted by Crippen LogP contribution is -2.76. The molecular weight excluding hydrogens is 598 g/mol. The van der Waals surface area contributed by atoms with E-state index in [-0.39, 0.29) is 11.8 Å². The molecule has 0 radical (unpaired) electrons. The highest BCUT2D eigenvalue weighted by Crippen LogP contribution is 2.64. The summed E-state index contributed by atoms with van der Waals surface area (Å²) in [6, 6.07) is 4.07. The Bertz CT molecular complexity index is 1290. The minimum absolute atomic E-state index is 0.0119. The fraction of sp³-hybridized carbons (Fsp3) is 0.762. The zero-order valence-electron chi connectivity index (χ0n) is 29.9. The van der Waals surface area contributed by atoms with E-state index in [0.717, 1.165) is 55.8 Å². The van der Waals surface area contributed by atoms with Crippen molar-refractivity contribution >= 4 is 11.8 Å². The maximum absolute atomic E-state index is 13.4. The molecule has 5 atom stereocenters. The molecule has 2 bridgehead atoms. The molecule has 5 aliphatic rings. The van der Waals surface area contributed by atoms with Gasteiger partial charge in [-0.3, -0.25) is 14.5 Å². The number of unbranched alkanes of at least 4 members (excludes halogenated alkanes) is 14. The van der Waals surface area contributed by atoms with Crippen molar-refractivity contribution in [3.63, 3.8) is 0 Å². The smallest absolute Gasteiger partial charge is 0.311 e. The molecule has 1 saturated heterocycles. The summed E-state index contributed by atoms with van der Waals surface area (Å²) in [5, 5.41) is 23.0. The average molecular weight is 662 g/mol. The van der Waals surface area contributed by atoms with Gasteiger partial charge in [-0.1, -0.05) is 108 Å². The first kappa shape index (κ1) is 35.6. The summed E-state index contributed by atoms with van der Waals surface area (Å²) in [6.07, 6.45) is 29.4. The first-order valence-corrected chi connectivity index (χ1v) is 20.1. The van der Waals surface area contributed by atoms with Crippen molar-refractivity contribution < 1.29 is 24.5 Å². The molecular formula is C42H63NO5. The third kappa shape index (κ3) is 7.31. The lowest BCUT2D eigenvalue weighted by Gasteiger charge is -2.62. The molecule has 6 nitrogen and oxygen atoms in total. The Labute approximate surface area is 290 Å². The van der Waals surface area contributed by atoms with Crippen LogP contribution in [-0.4, -0.2) is 57.7 Å². The molecule has 6 rings (SSSR count). The number of carboxylic acid groups (broad SMARTS) is 1. The lowest BCUT2D eigenvalue weighted by molar-refractivity contribution is -0.188. The van der Waals surface area contributed by atoms with Crippen LogP contribution in [0.5, 0.6) is 5.75 Å². The summed E-state index contributed by atoms with van der Waals surface area (Å²) in [4.78, 5) is 28.6. The second-order valence-electron chi connectivity index (χ2n) is 16.1. The van der Waals surface area contributed by atoms with Gasteiger partial charge in [0.15, 0.2) is 11.9 Å². The molecule has 0 aromatic heterocycles. The number of Topliss-reactive ketones (excluding diaryl/α,β-unsaturated/α-hetero) is 1. The van der Waals surface area contributed by atoms with Crippen LogP contribution in [-0.2, 0) is 21.4 Å². The maximum Gasteiger partial charge on any atom is 0.311 e. The third-order valence-corrected chi connectivity index (χ3v) is 12.8. The van der Waals surface area contributed by atoms with Crippen LogP contribution in [0, 0.1) is 5.92 Å². The molecule has 2 saturated carbocycles. The van der Waals surface area contributed by atoms with Gasteiger partial charge in [-0.25, -0.2) is 0 Å². The van der Waals surface area contributed by atoms with Crippen molar-refractivity contribution in [2.24, 2.45) is 5.92 Å². The zero-order valence-corrected chi connectivity index (χ0v) is 29.9. The largest absolute Gasteiger partial charge is 0.481 e. The fourth-order valence-electron chi connectivity index (χ4n) is 9.93. The van der Waals surface area contributed by atoms with Crippen molar-refractivity contribution in [1.82, 2.24) is 4.90 Å². The molecule has 2 N–H and O–H groups in total. The van der Waals surface area contributed by atoms with Crippen molar-refractivity contribution in [3.05, 3.63) is 41.0 Å². The van der Waals surface area contributed by atoms with E-state index in [1.807, 2.05) is 6.07 Å². The average Bonchev–Trinajstić information content (AvgIpc) is 3.82. The van der Waals surface area contributed by atoms with E-state index in [0.29, 0.717) is 37.0 Å². The Balaban J connectivity index is 0.970. The molecule has 266 valence electrons. The number of likely N-dealkylation sites (tertiary alicyclic amines) is 1. The highest BCUT2D eigenvalue weighted by molar-refractivity contribution is 5.90. The molecule has 3 fully saturated rings. The van der Waals surface area contributed by atoms with Gasteiger partial charge >= 0.3 is 5.97 Å². The van der Waals surface area contributed by atoms with E-state index in [1.165, 1.54) is 96.3 Å². The van der Waals surface area contributed by atoms with Crippen LogP contribution in [0.25, 0.3) is 0 Å². The minimum Gasteiger partial charge on any atom is -0.481 e. The predicted molar refractivity (Wildman–Crippen MR) is 192 cm³/mol. The molecule has 2 heterocycles. The Morgan fingerprint density at radius 3 is 2.23 bits per heavy atom. The number of allylic oxidation sites excluding steroid dienone is 2. The Hall–Kier alpha value is -2.18. The number of hydrogen-bond acceptors (Lipinski definition) is 5. The second-order valence-corrected chi connectivity index (χ2v) is 16.1. The number of piperidine rings is 1. The summed E-state index contributed by atoms with van der Waals surface area (Å²) in [7, 11) is 0. The van der Waals surface area contributed by atoms with Crippen molar-refractivity contribution in [3.8, 4) is 5.75 Å². The number of ketones is 1. The molecule has 2 unspecified atom stereocenters. The SMILES string of the molecule is CCCCCCCC/C=C\CCCCCCCCCCC(C(=O)O)c1ccc2c3c1O[C@H]1C(=O)CC[C@@]4(O)C(C2)N(CC2CC2)CC[C@]314. The highest BCUT2D eigenvalue weighted by Gasteiger charge is 2.73. The Morgan fingerprint density at radius 2 is 1.58 bits per heavy atom. The van der Waals surface area contributed by atoms with E-state index in [1.54, 1.807) is 0 Å². The van der Waals surface area contributed by atoms with Crippen LogP contribution < -0.4 is 4.74 Å². The topological polar surface area (TPSA) is 87.1 Å². The van der Waals surface area contributed by atoms with Gasteiger partial charge in [0.1, 0.15) is 5.75 Å². The number of nitrogens with zero attached hydrogens (tertiary/aromatic N) is 1. The van der Waals surface area contributed by atoms with E-state index >= 15 is 0 Å². The number of carbonyl (C=O) groups is 2. The molecule has 1 aromatic rings. The standard InChI is InChI=1S/C42H63NO5/c1-2-3-4-5-6-7-8-9-10-11-12-13-14-15-16-17-18-19-20-34(40(45)46)33-24-23-32-29-36-42(47)26-25-35(44)39-41(42,37(32)38(33)48-39)27-28-43(36)30-31-21-22-31/h9-10,23-24,31,34,36,39,47H,2-8,11-22,25-30H2,1H3,(H,45,46)/b10-9-/t34?,36?,39-,41-,42+/m0/s1. The summed E-state index contributed by atoms with van der Waals surface area (Å²) in [5.74, 6) is -0.0681. The molecule has 2 aliphatic heterocycles. The van der Waals surface area contributed by atoms with Gasteiger partial charge in [0.05, 0.1) is 16.9 Å². The van der Waals surface area contributed by atoms with Crippen molar-refractivity contribution in [2.75, 3.05) is 13.1 Å². The lowest BCUT2D eigenvalue weighted by atomic mass is 9.49. The van der Waals surface area contributed by atoms with Crippen LogP contribution in [0.15, 0.2) is 24.3 Å². The van der Waals surface area contributed by atoms with E-state index in [4.69, 9.17) is 4.74 Å². The van der Waals surface area contributed by atoms with Gasteiger partial charge < -0.3 is 14.9 Å². The number of carbonyl (C=O) groups excluding carboxylic acids is 1. The van der Waals surface area contributed by atoms with E-state index in [2.05, 4.69) is 30.0 Å². The van der Waals surface area contributed by atoms with Crippen molar-refractivity contribution in [2.45, 2.75) is 184 Å². The number of aliphatic carboxylic acids is 1. The second kappa shape index (κ2) is 16.2. The van der Waals surface area contributed by atoms with Gasteiger partial charge in [0, 0.05) is 30.1 Å². The summed E-state index contributed by atoms with van der Waals surface area (Å²) in [5.41, 5.74) is 1.06. The molecule has 0 amide bonds. The first-order valence-electron chi connectivity index (χ1n) is 20.1. The normalized spacial score (nSPS) is 28.1. The van der Waals surface area contributed by atoms with Crippen LogP contribution in [0.2, 0.25) is 0 Å². The predicted octanol–water partition coefficient (Wildman–Crippen LogP) is 9.20. The molecule has 1 spiro atoms. The number of benzene rings is 1. The van der Waals surface area contributed by atoms with Crippen LogP contribution in [0.3, 0.4) is 0 Å². The van der Waals surface area contributed by atoms with Gasteiger partial charge in [-0.05, 0) is 82.2 Å². The first-order chi connectivity index (χ1) is 23.4. The monoisotopic (exact) mass is 661 g/mol. The Kier molecular flexibility index (Phi) is 12.1. The molecule has 3 aliphatic carbocycles. The zero-order chi connectivity index (χ0) is 33.6. The van der Waals surface area contributed by atoms with Crippen LogP contribution in [0.4, 0.5) is 0 Å². The third-order valence-electron chi connectivity index (χ3n) is 12.8. The summed E-state index contributed by atoms with van der Waals surface area (Å²) < 4.78 is 6.59. The van der Waals surface area contributed by atoms with Crippen LogP contribution in [0.1, 0.15) is 171 Å². The Morgan fingerprint density at radius 1 is 0.938 bits per heavy atom. The minimum atomic E-state index is -1.02. The van der Waals surface area contributed by atoms with Gasteiger partial charge in [0.2, 0.25) is 0 Å². The molecule has 6 heteroatoms. The number of rotatable bonds is 22. The van der Waals surface area contributed by atoms with Gasteiger partial charge in [0.25, 0.3) is 0 Å².